The highest BCUT2D eigenvalue weighted by molar-refractivity contribution is 9.11. The molecule has 0 radical (unpaired) electrons. The molecule has 0 fully saturated rings. The van der Waals surface area contributed by atoms with Crippen LogP contribution in [0.25, 0.3) is 11.4 Å². The van der Waals surface area contributed by atoms with Crippen molar-refractivity contribution in [2.24, 2.45) is 0 Å². The minimum atomic E-state index is 0.264. The molecular weight excluding hydrogens is 407 g/mol. The highest BCUT2D eigenvalue weighted by atomic mass is 79.9. The van der Waals surface area contributed by atoms with E-state index in [1.165, 1.54) is 0 Å². The van der Waals surface area contributed by atoms with Crippen LogP contribution in [-0.4, -0.2) is 17.1 Å². The molecule has 7 heteroatoms. The summed E-state index contributed by atoms with van der Waals surface area (Å²) < 4.78 is 6.48. The van der Waals surface area contributed by atoms with Crippen molar-refractivity contribution in [1.29, 1.82) is 0 Å². The second kappa shape index (κ2) is 5.74. The van der Waals surface area contributed by atoms with Gasteiger partial charge in [-0.05, 0) is 34.1 Å². The smallest absolute Gasteiger partial charge is 0.163 e. The number of hydrogen-bond donors (Lipinski definition) is 0. The molecule has 18 heavy (non-hydrogen) atoms. The van der Waals surface area contributed by atoms with Gasteiger partial charge in [-0.3, -0.25) is 0 Å². The largest absolute Gasteiger partial charge is 0.497 e. The molecule has 0 spiro atoms. The SMILES string of the molecule is COc1ccc(Br)c(-c2nc(Cl)c(Br)c(Cl)n2)c1. The molecule has 0 unspecified atom stereocenters. The van der Waals surface area contributed by atoms with Gasteiger partial charge in [0.15, 0.2) is 5.82 Å². The lowest BCUT2D eigenvalue weighted by molar-refractivity contribution is 0.415. The first-order chi connectivity index (χ1) is 8.52. The molecule has 1 aromatic carbocycles. The quantitative estimate of drug-likeness (QED) is 0.652. The van der Waals surface area contributed by atoms with E-state index >= 15 is 0 Å². The molecule has 0 aliphatic carbocycles. The Morgan fingerprint density at radius 3 is 2.28 bits per heavy atom. The van der Waals surface area contributed by atoms with E-state index in [4.69, 9.17) is 27.9 Å². The maximum absolute atomic E-state index is 5.97. The average Bonchev–Trinajstić information content (AvgIpc) is 2.36. The Labute approximate surface area is 131 Å². The first-order valence-corrected chi connectivity index (χ1v) is 7.09. The van der Waals surface area contributed by atoms with Crippen molar-refractivity contribution >= 4 is 55.1 Å². The van der Waals surface area contributed by atoms with Crippen LogP contribution in [0.4, 0.5) is 0 Å². The van der Waals surface area contributed by atoms with Crippen LogP contribution in [0.5, 0.6) is 5.75 Å². The van der Waals surface area contributed by atoms with Crippen LogP contribution in [0.2, 0.25) is 10.3 Å². The van der Waals surface area contributed by atoms with Crippen LogP contribution < -0.4 is 4.74 Å². The Hall–Kier alpha value is -0.360. The fraction of sp³-hybridized carbons (Fsp3) is 0.0909. The molecule has 0 amide bonds. The Morgan fingerprint density at radius 2 is 1.72 bits per heavy atom. The first kappa shape index (κ1) is 14.1. The van der Waals surface area contributed by atoms with Gasteiger partial charge in [-0.1, -0.05) is 39.1 Å². The molecule has 2 rings (SSSR count). The normalized spacial score (nSPS) is 10.5. The van der Waals surface area contributed by atoms with Crippen molar-refractivity contribution in [3.05, 3.63) is 37.5 Å². The van der Waals surface area contributed by atoms with Gasteiger partial charge in [-0.25, -0.2) is 9.97 Å². The summed E-state index contributed by atoms with van der Waals surface area (Å²) in [5.74, 6) is 1.13. The van der Waals surface area contributed by atoms with Crippen molar-refractivity contribution in [2.45, 2.75) is 0 Å². The van der Waals surface area contributed by atoms with Gasteiger partial charge < -0.3 is 4.74 Å². The van der Waals surface area contributed by atoms with Crippen LogP contribution in [-0.2, 0) is 0 Å². The lowest BCUT2D eigenvalue weighted by Crippen LogP contribution is -1.94. The van der Waals surface area contributed by atoms with E-state index in [1.54, 1.807) is 13.2 Å². The number of halogens is 4. The third-order valence-corrected chi connectivity index (χ3v) is 4.63. The standard InChI is InChI=1S/C11H6Br2Cl2N2O/c1-18-5-2-3-7(12)6(4-5)11-16-9(14)8(13)10(15)17-11/h2-4H,1H3. The highest BCUT2D eigenvalue weighted by Crippen LogP contribution is 2.34. The van der Waals surface area contributed by atoms with Crippen molar-refractivity contribution in [2.75, 3.05) is 7.11 Å². The summed E-state index contributed by atoms with van der Waals surface area (Å²) in [5.41, 5.74) is 0.755. The molecule has 0 N–H and O–H groups in total. The average molecular weight is 413 g/mol. The summed E-state index contributed by atoms with van der Waals surface area (Å²) in [4.78, 5) is 8.35. The first-order valence-electron chi connectivity index (χ1n) is 4.75. The molecule has 1 aromatic heterocycles. The summed E-state index contributed by atoms with van der Waals surface area (Å²) in [6.07, 6.45) is 0. The van der Waals surface area contributed by atoms with E-state index in [9.17, 15) is 0 Å². The lowest BCUT2D eigenvalue weighted by Gasteiger charge is -2.07. The molecular formula is C11H6Br2Cl2N2O. The topological polar surface area (TPSA) is 35.0 Å². The maximum atomic E-state index is 5.97. The highest BCUT2D eigenvalue weighted by Gasteiger charge is 2.13. The molecule has 0 atom stereocenters. The number of aromatic nitrogens is 2. The van der Waals surface area contributed by atoms with E-state index in [2.05, 4.69) is 41.8 Å². The van der Waals surface area contributed by atoms with Crippen molar-refractivity contribution in [1.82, 2.24) is 9.97 Å². The van der Waals surface area contributed by atoms with E-state index < -0.39 is 0 Å². The van der Waals surface area contributed by atoms with Gasteiger partial charge in [0, 0.05) is 10.0 Å². The van der Waals surface area contributed by atoms with E-state index in [0.717, 1.165) is 10.0 Å². The van der Waals surface area contributed by atoms with Gasteiger partial charge in [0.25, 0.3) is 0 Å². The van der Waals surface area contributed by atoms with Gasteiger partial charge in [0.2, 0.25) is 0 Å². The van der Waals surface area contributed by atoms with Crippen molar-refractivity contribution in [3.8, 4) is 17.1 Å². The molecule has 0 bridgehead atoms. The zero-order chi connectivity index (χ0) is 13.3. The molecule has 94 valence electrons. The molecule has 1 heterocycles. The number of hydrogen-bond acceptors (Lipinski definition) is 3. The molecule has 3 nitrogen and oxygen atoms in total. The number of rotatable bonds is 2. The van der Waals surface area contributed by atoms with Gasteiger partial charge >= 0.3 is 0 Å². The van der Waals surface area contributed by atoms with Crippen LogP contribution in [0.3, 0.4) is 0 Å². The molecule has 2 aromatic rings. The van der Waals surface area contributed by atoms with Crippen LogP contribution in [0, 0.1) is 0 Å². The Balaban J connectivity index is 2.61. The molecule has 0 aliphatic heterocycles. The van der Waals surface area contributed by atoms with Crippen LogP contribution in [0.1, 0.15) is 0 Å². The molecule has 0 aliphatic rings. The fourth-order valence-electron chi connectivity index (χ4n) is 1.32. The van der Waals surface area contributed by atoms with Gasteiger partial charge in [-0.15, -0.1) is 0 Å². The third kappa shape index (κ3) is 2.79. The Bertz CT molecular complexity index is 585. The Kier molecular flexibility index (Phi) is 4.48. The summed E-state index contributed by atoms with van der Waals surface area (Å²) in [5, 5.41) is 0.527. The van der Waals surface area contributed by atoms with Crippen LogP contribution >= 0.6 is 55.1 Å². The van der Waals surface area contributed by atoms with Crippen molar-refractivity contribution < 1.29 is 4.74 Å². The minimum Gasteiger partial charge on any atom is -0.497 e. The van der Waals surface area contributed by atoms with Gasteiger partial charge in [0.1, 0.15) is 16.1 Å². The van der Waals surface area contributed by atoms with Crippen LogP contribution in [0.15, 0.2) is 27.1 Å². The van der Waals surface area contributed by atoms with E-state index in [1.807, 2.05) is 12.1 Å². The third-order valence-electron chi connectivity index (χ3n) is 2.18. The Morgan fingerprint density at radius 1 is 1.11 bits per heavy atom. The predicted octanol–water partition coefficient (Wildman–Crippen LogP) is 4.98. The summed E-state index contributed by atoms with van der Waals surface area (Å²) in [6.45, 7) is 0. The minimum absolute atomic E-state index is 0.264. The second-order valence-corrected chi connectivity index (χ2v) is 5.65. The van der Waals surface area contributed by atoms with E-state index in [0.29, 0.717) is 16.0 Å². The van der Waals surface area contributed by atoms with Gasteiger partial charge in [-0.2, -0.15) is 0 Å². The zero-order valence-corrected chi connectivity index (χ0v) is 13.7. The summed E-state index contributed by atoms with van der Waals surface area (Å²) in [6, 6.07) is 5.48. The van der Waals surface area contributed by atoms with Crippen molar-refractivity contribution in [3.63, 3.8) is 0 Å². The number of benzene rings is 1. The molecule has 0 saturated heterocycles. The molecule has 0 saturated carbocycles. The maximum Gasteiger partial charge on any atom is 0.163 e. The lowest BCUT2D eigenvalue weighted by atomic mass is 10.2. The predicted molar refractivity (Wildman–Crippen MR) is 79.4 cm³/mol. The van der Waals surface area contributed by atoms with Gasteiger partial charge in [0.05, 0.1) is 11.6 Å². The number of ether oxygens (including phenoxy) is 1. The zero-order valence-electron chi connectivity index (χ0n) is 9.05. The number of nitrogens with zero attached hydrogens (tertiary/aromatic N) is 2. The van der Waals surface area contributed by atoms with E-state index in [-0.39, 0.29) is 10.3 Å². The fourth-order valence-corrected chi connectivity index (χ4v) is 2.31. The summed E-state index contributed by atoms with van der Waals surface area (Å²) in [7, 11) is 1.59. The second-order valence-electron chi connectivity index (χ2n) is 3.29. The number of methoxy groups -OCH3 is 1. The monoisotopic (exact) mass is 410 g/mol. The summed E-state index contributed by atoms with van der Waals surface area (Å²) >= 11 is 18.6.